The zero-order chi connectivity index (χ0) is 22.3. The molecule has 1 amide bonds. The van der Waals surface area contributed by atoms with E-state index in [1.807, 2.05) is 20.8 Å². The molecule has 8 nitrogen and oxygen atoms in total. The number of halogens is 2. The largest absolute Gasteiger partial charge is 0.477 e. The highest BCUT2D eigenvalue weighted by Gasteiger charge is 2.27. The molecule has 0 radical (unpaired) electrons. The van der Waals surface area contributed by atoms with Crippen LogP contribution >= 0.6 is 23.2 Å². The van der Waals surface area contributed by atoms with Crippen molar-refractivity contribution in [2.45, 2.75) is 45.6 Å². The average Bonchev–Trinajstić information content (AvgIpc) is 2.65. The Morgan fingerprint density at radius 1 is 1.23 bits per heavy atom. The van der Waals surface area contributed by atoms with Crippen LogP contribution in [0.25, 0.3) is 0 Å². The number of nitrogens with zero attached hydrogens (tertiary/aromatic N) is 3. The average molecular weight is 460 g/mol. The molecular formula is C20H27Cl2N3O5. The lowest BCUT2D eigenvalue weighted by Crippen LogP contribution is -2.41. The number of hydrogen-bond donors (Lipinski definition) is 0. The number of carbonyl (C=O) groups excluding carboxylic acids is 2. The lowest BCUT2D eigenvalue weighted by molar-refractivity contribution is 0.0177. The summed E-state index contributed by atoms with van der Waals surface area (Å²) in [5.41, 5.74) is -0.575. The van der Waals surface area contributed by atoms with Crippen LogP contribution in [0.15, 0.2) is 12.7 Å². The van der Waals surface area contributed by atoms with Crippen LogP contribution in [0.3, 0.4) is 0 Å². The second kappa shape index (κ2) is 10.8. The van der Waals surface area contributed by atoms with Gasteiger partial charge in [0.25, 0.3) is 0 Å². The molecule has 2 heterocycles. The molecule has 0 aliphatic carbocycles. The molecule has 0 spiro atoms. The number of amides is 1. The van der Waals surface area contributed by atoms with E-state index < -0.39 is 11.6 Å². The molecule has 1 saturated heterocycles. The van der Waals surface area contributed by atoms with E-state index in [0.717, 1.165) is 19.3 Å². The fraction of sp³-hybridized carbons (Fsp3) is 0.600. The molecular weight excluding hydrogens is 433 g/mol. The molecule has 2 rings (SSSR count). The molecule has 30 heavy (non-hydrogen) atoms. The van der Waals surface area contributed by atoms with E-state index in [1.165, 1.54) is 6.08 Å². The van der Waals surface area contributed by atoms with Gasteiger partial charge in [-0.05, 0) is 57.6 Å². The quantitative estimate of drug-likeness (QED) is 0.255. The molecule has 0 bridgehead atoms. The summed E-state index contributed by atoms with van der Waals surface area (Å²) in [7, 11) is 0. The van der Waals surface area contributed by atoms with Gasteiger partial charge in [-0.1, -0.05) is 24.3 Å². The van der Waals surface area contributed by atoms with E-state index in [4.69, 9.17) is 37.4 Å². The van der Waals surface area contributed by atoms with E-state index >= 15 is 0 Å². The van der Waals surface area contributed by atoms with Crippen LogP contribution < -0.4 is 4.74 Å². The SMILES string of the molecule is C=CCOC(=O)c1c(Cl)nc(Cl)nc1OCCC1CCN(C(=O)OC(C)(C)C)CC1. The van der Waals surface area contributed by atoms with Gasteiger partial charge in [-0.3, -0.25) is 0 Å². The minimum atomic E-state index is -0.711. The van der Waals surface area contributed by atoms with Gasteiger partial charge in [0.15, 0.2) is 10.7 Å². The van der Waals surface area contributed by atoms with E-state index in [0.29, 0.717) is 25.6 Å². The van der Waals surface area contributed by atoms with Crippen LogP contribution in [0.1, 0.15) is 50.4 Å². The van der Waals surface area contributed by atoms with Crippen molar-refractivity contribution in [3.05, 3.63) is 28.7 Å². The molecule has 1 aliphatic heterocycles. The minimum Gasteiger partial charge on any atom is -0.477 e. The molecule has 0 N–H and O–H groups in total. The predicted octanol–water partition coefficient (Wildman–Crippen LogP) is 4.54. The molecule has 1 aliphatic rings. The van der Waals surface area contributed by atoms with Gasteiger partial charge in [0, 0.05) is 13.1 Å². The third kappa shape index (κ3) is 7.32. The first-order valence-electron chi connectivity index (χ1n) is 9.72. The van der Waals surface area contributed by atoms with Crippen molar-refractivity contribution in [3.63, 3.8) is 0 Å². The molecule has 0 aromatic carbocycles. The van der Waals surface area contributed by atoms with Crippen molar-refractivity contribution in [1.29, 1.82) is 0 Å². The lowest BCUT2D eigenvalue weighted by Gasteiger charge is -2.33. The lowest BCUT2D eigenvalue weighted by atomic mass is 9.94. The topological polar surface area (TPSA) is 90.9 Å². The Bertz CT molecular complexity index is 774. The first-order chi connectivity index (χ1) is 14.1. The number of hydrogen-bond acceptors (Lipinski definition) is 7. The number of aromatic nitrogens is 2. The number of carbonyl (C=O) groups is 2. The monoisotopic (exact) mass is 459 g/mol. The Labute approximate surface area is 186 Å². The Balaban J connectivity index is 1.88. The van der Waals surface area contributed by atoms with Gasteiger partial charge in [0.2, 0.25) is 11.2 Å². The first-order valence-corrected chi connectivity index (χ1v) is 10.5. The molecule has 0 unspecified atom stereocenters. The number of ether oxygens (including phenoxy) is 3. The second-order valence-corrected chi connectivity index (χ2v) is 8.59. The Morgan fingerprint density at radius 3 is 2.50 bits per heavy atom. The highest BCUT2D eigenvalue weighted by atomic mass is 35.5. The van der Waals surface area contributed by atoms with Crippen molar-refractivity contribution >= 4 is 35.3 Å². The maximum Gasteiger partial charge on any atom is 0.410 e. The highest BCUT2D eigenvalue weighted by molar-refractivity contribution is 6.34. The molecule has 1 aromatic rings. The van der Waals surface area contributed by atoms with Crippen LogP contribution in [0.2, 0.25) is 10.4 Å². The molecule has 10 heteroatoms. The van der Waals surface area contributed by atoms with Gasteiger partial charge in [-0.15, -0.1) is 0 Å². The van der Waals surface area contributed by atoms with Gasteiger partial charge in [-0.25, -0.2) is 14.6 Å². The van der Waals surface area contributed by atoms with Crippen LogP contribution in [0.4, 0.5) is 4.79 Å². The maximum atomic E-state index is 12.2. The Hall–Kier alpha value is -2.06. The van der Waals surface area contributed by atoms with Gasteiger partial charge in [-0.2, -0.15) is 4.98 Å². The molecule has 0 atom stereocenters. The number of likely N-dealkylation sites (tertiary alicyclic amines) is 1. The van der Waals surface area contributed by atoms with Crippen molar-refractivity contribution < 1.29 is 23.8 Å². The van der Waals surface area contributed by atoms with Gasteiger partial charge in [0.1, 0.15) is 12.2 Å². The fourth-order valence-corrected chi connectivity index (χ4v) is 3.37. The second-order valence-electron chi connectivity index (χ2n) is 7.90. The summed E-state index contributed by atoms with van der Waals surface area (Å²) < 4.78 is 16.1. The smallest absolute Gasteiger partial charge is 0.410 e. The summed E-state index contributed by atoms with van der Waals surface area (Å²) >= 11 is 11.9. The number of rotatable bonds is 7. The van der Waals surface area contributed by atoms with Crippen molar-refractivity contribution in [3.8, 4) is 5.88 Å². The van der Waals surface area contributed by atoms with Crippen molar-refractivity contribution in [2.75, 3.05) is 26.3 Å². The van der Waals surface area contributed by atoms with Gasteiger partial charge in [0.05, 0.1) is 6.61 Å². The van der Waals surface area contributed by atoms with Crippen molar-refractivity contribution in [2.24, 2.45) is 5.92 Å². The van der Waals surface area contributed by atoms with Gasteiger partial charge < -0.3 is 19.1 Å². The number of piperidine rings is 1. The third-order valence-corrected chi connectivity index (χ3v) is 4.81. The number of esters is 1. The normalized spacial score (nSPS) is 14.9. The minimum absolute atomic E-state index is 0.0137. The maximum absolute atomic E-state index is 12.2. The Morgan fingerprint density at radius 2 is 1.90 bits per heavy atom. The summed E-state index contributed by atoms with van der Waals surface area (Å²) in [6, 6.07) is 0. The molecule has 1 aromatic heterocycles. The van der Waals surface area contributed by atoms with E-state index in [2.05, 4.69) is 16.5 Å². The van der Waals surface area contributed by atoms with Gasteiger partial charge >= 0.3 is 12.1 Å². The summed E-state index contributed by atoms with van der Waals surface area (Å²) in [5, 5.41) is -0.259. The standard InChI is InChI=1S/C20H27Cl2N3O5/c1-5-11-29-17(26)14-15(21)23-18(22)24-16(14)28-12-8-13-6-9-25(10-7-13)19(27)30-20(2,3)4/h5,13H,1,6-12H2,2-4H3. The highest BCUT2D eigenvalue weighted by Crippen LogP contribution is 2.27. The van der Waals surface area contributed by atoms with E-state index in [1.54, 1.807) is 4.90 Å². The third-order valence-electron chi connectivity index (χ3n) is 4.37. The van der Waals surface area contributed by atoms with E-state index in [-0.39, 0.29) is 34.6 Å². The van der Waals surface area contributed by atoms with Crippen LogP contribution in [0, 0.1) is 5.92 Å². The predicted molar refractivity (Wildman–Crippen MR) is 113 cm³/mol. The van der Waals surface area contributed by atoms with Crippen molar-refractivity contribution in [1.82, 2.24) is 14.9 Å². The molecule has 0 saturated carbocycles. The van der Waals surface area contributed by atoms with Crippen LogP contribution in [0.5, 0.6) is 5.88 Å². The summed E-state index contributed by atoms with van der Waals surface area (Å²) in [6.45, 7) is 10.6. The van der Waals surface area contributed by atoms with Crippen LogP contribution in [-0.2, 0) is 9.47 Å². The zero-order valence-electron chi connectivity index (χ0n) is 17.5. The van der Waals surface area contributed by atoms with E-state index in [9.17, 15) is 9.59 Å². The summed E-state index contributed by atoms with van der Waals surface area (Å²) in [4.78, 5) is 33.8. The van der Waals surface area contributed by atoms with Crippen LogP contribution in [-0.4, -0.2) is 58.8 Å². The summed E-state index contributed by atoms with van der Waals surface area (Å²) in [5.74, 6) is -0.356. The molecule has 166 valence electrons. The zero-order valence-corrected chi connectivity index (χ0v) is 19.0. The first kappa shape index (κ1) is 24.2. The fourth-order valence-electron chi connectivity index (χ4n) is 2.93. The molecule has 1 fully saturated rings. The Kier molecular flexibility index (Phi) is 8.73. The summed E-state index contributed by atoms with van der Waals surface area (Å²) in [6.07, 6.45) is 3.55.